The maximum atomic E-state index is 13.4. The average molecular weight is 297 g/mol. The second-order valence-corrected chi connectivity index (χ2v) is 5.35. The van der Waals surface area contributed by atoms with Crippen molar-refractivity contribution in [2.75, 3.05) is 0 Å². The van der Waals surface area contributed by atoms with Gasteiger partial charge in [-0.1, -0.05) is 24.6 Å². The van der Waals surface area contributed by atoms with Crippen molar-refractivity contribution < 1.29 is 9.50 Å². The van der Waals surface area contributed by atoms with Crippen LogP contribution in [-0.4, -0.2) is 14.9 Å². The van der Waals surface area contributed by atoms with Crippen LogP contribution >= 0.6 is 11.6 Å². The summed E-state index contributed by atoms with van der Waals surface area (Å²) in [6.45, 7) is 4.18. The molecule has 1 aromatic carbocycles. The van der Waals surface area contributed by atoms with Gasteiger partial charge >= 0.3 is 0 Å². The lowest BCUT2D eigenvalue weighted by Crippen LogP contribution is -2.07. The van der Waals surface area contributed by atoms with Gasteiger partial charge in [0.2, 0.25) is 0 Å². The lowest BCUT2D eigenvalue weighted by Gasteiger charge is -2.11. The number of aliphatic hydroxyl groups is 1. The van der Waals surface area contributed by atoms with E-state index in [4.69, 9.17) is 11.6 Å². The fourth-order valence-corrected chi connectivity index (χ4v) is 2.07. The maximum Gasteiger partial charge on any atom is 0.142 e. The molecule has 1 heterocycles. The van der Waals surface area contributed by atoms with Crippen LogP contribution in [0.1, 0.15) is 43.7 Å². The average Bonchev–Trinajstić information content (AvgIpc) is 2.89. The fourth-order valence-electron chi connectivity index (χ4n) is 1.95. The van der Waals surface area contributed by atoms with Gasteiger partial charge in [-0.05, 0) is 37.1 Å². The van der Waals surface area contributed by atoms with Gasteiger partial charge in [-0.15, -0.1) is 0 Å². The van der Waals surface area contributed by atoms with Crippen molar-refractivity contribution in [1.29, 1.82) is 0 Å². The normalized spacial score (nSPS) is 14.2. The zero-order chi connectivity index (χ0) is 14.7. The number of benzene rings is 1. The molecule has 1 aromatic heterocycles. The Morgan fingerprint density at radius 1 is 1.40 bits per heavy atom. The first-order valence-corrected chi connectivity index (χ1v) is 7.06. The first-order chi connectivity index (χ1) is 9.51. The lowest BCUT2D eigenvalue weighted by atomic mass is 10.1. The van der Waals surface area contributed by atoms with Crippen LogP contribution in [0.5, 0.6) is 0 Å². The van der Waals surface area contributed by atoms with Crippen LogP contribution in [0.15, 0.2) is 30.5 Å². The summed E-state index contributed by atoms with van der Waals surface area (Å²) in [6, 6.07) is 6.55. The van der Waals surface area contributed by atoms with E-state index in [2.05, 4.69) is 18.9 Å². The Morgan fingerprint density at radius 2 is 2.15 bits per heavy atom. The first kappa shape index (κ1) is 15.0. The van der Waals surface area contributed by atoms with Crippen LogP contribution in [0.25, 0.3) is 0 Å². The van der Waals surface area contributed by atoms with Gasteiger partial charge in [0, 0.05) is 18.7 Å². The predicted molar refractivity (Wildman–Crippen MR) is 77.3 cm³/mol. The van der Waals surface area contributed by atoms with Crippen LogP contribution in [0.2, 0.25) is 5.02 Å². The predicted octanol–water partition coefficient (Wildman–Crippen LogP) is 3.92. The third kappa shape index (κ3) is 3.38. The van der Waals surface area contributed by atoms with Crippen LogP contribution in [0.3, 0.4) is 0 Å². The molecule has 3 nitrogen and oxygen atoms in total. The van der Waals surface area contributed by atoms with Crippen molar-refractivity contribution in [1.82, 2.24) is 9.78 Å². The molecule has 0 aliphatic rings. The second kappa shape index (κ2) is 6.37. The van der Waals surface area contributed by atoms with Gasteiger partial charge in [-0.25, -0.2) is 4.39 Å². The summed E-state index contributed by atoms with van der Waals surface area (Å²) in [5.74, 6) is -0.520. The topological polar surface area (TPSA) is 38.0 Å². The standard InChI is InChI=1S/C15H18ClFN2O/c1-3-10(2)19-7-6-12(18-19)9-15(20)11-4-5-13(16)14(17)8-11/h4-8,10,15,20H,3,9H2,1-2H3. The minimum Gasteiger partial charge on any atom is -0.388 e. The Labute approximate surface area is 123 Å². The van der Waals surface area contributed by atoms with Crippen molar-refractivity contribution in [2.24, 2.45) is 0 Å². The molecule has 0 saturated carbocycles. The van der Waals surface area contributed by atoms with Crippen molar-refractivity contribution in [3.8, 4) is 0 Å². The molecule has 5 heteroatoms. The van der Waals surface area contributed by atoms with Crippen molar-refractivity contribution in [3.63, 3.8) is 0 Å². The van der Waals surface area contributed by atoms with Crippen molar-refractivity contribution >= 4 is 11.6 Å². The minimum atomic E-state index is -0.790. The highest BCUT2D eigenvalue weighted by Crippen LogP contribution is 2.23. The summed E-state index contributed by atoms with van der Waals surface area (Å²) in [7, 11) is 0. The molecular formula is C15H18ClFN2O. The van der Waals surface area contributed by atoms with Crippen LogP contribution in [0.4, 0.5) is 4.39 Å². The molecule has 108 valence electrons. The highest BCUT2D eigenvalue weighted by Gasteiger charge is 2.13. The number of aliphatic hydroxyl groups excluding tert-OH is 1. The van der Waals surface area contributed by atoms with E-state index in [0.717, 1.165) is 12.1 Å². The number of aromatic nitrogens is 2. The van der Waals surface area contributed by atoms with E-state index < -0.39 is 11.9 Å². The number of halogens is 2. The van der Waals surface area contributed by atoms with Crippen LogP contribution < -0.4 is 0 Å². The van der Waals surface area contributed by atoms with E-state index in [0.29, 0.717) is 18.0 Å². The van der Waals surface area contributed by atoms with Gasteiger partial charge < -0.3 is 5.11 Å². The summed E-state index contributed by atoms with van der Waals surface area (Å²) >= 11 is 5.63. The lowest BCUT2D eigenvalue weighted by molar-refractivity contribution is 0.176. The zero-order valence-electron chi connectivity index (χ0n) is 11.6. The molecule has 0 aliphatic carbocycles. The zero-order valence-corrected chi connectivity index (χ0v) is 12.3. The molecule has 0 amide bonds. The molecule has 2 unspecified atom stereocenters. The summed E-state index contributed by atoms with van der Waals surface area (Å²) in [5.41, 5.74) is 1.29. The molecule has 0 spiro atoms. The molecule has 1 N–H and O–H groups in total. The molecular weight excluding hydrogens is 279 g/mol. The van der Waals surface area contributed by atoms with Gasteiger partial charge in [-0.3, -0.25) is 4.68 Å². The highest BCUT2D eigenvalue weighted by molar-refractivity contribution is 6.30. The Hall–Kier alpha value is -1.39. The third-order valence-electron chi connectivity index (χ3n) is 3.44. The van der Waals surface area contributed by atoms with Gasteiger partial charge in [0.1, 0.15) is 5.82 Å². The second-order valence-electron chi connectivity index (χ2n) is 4.94. The number of hydrogen-bond acceptors (Lipinski definition) is 2. The summed E-state index contributed by atoms with van der Waals surface area (Å²) in [6.07, 6.45) is 2.46. The summed E-state index contributed by atoms with van der Waals surface area (Å²) < 4.78 is 15.3. The molecule has 20 heavy (non-hydrogen) atoms. The Morgan fingerprint density at radius 3 is 2.80 bits per heavy atom. The SMILES string of the molecule is CCC(C)n1ccc(CC(O)c2ccc(Cl)c(F)c2)n1. The van der Waals surface area contributed by atoms with Crippen molar-refractivity contribution in [2.45, 2.75) is 38.8 Å². The van der Waals surface area contributed by atoms with Gasteiger partial charge in [0.05, 0.1) is 16.8 Å². The molecule has 0 saturated heterocycles. The smallest absolute Gasteiger partial charge is 0.142 e. The molecule has 0 fully saturated rings. The van der Waals surface area contributed by atoms with Gasteiger partial charge in [0.15, 0.2) is 0 Å². The maximum absolute atomic E-state index is 13.4. The molecule has 0 aliphatic heterocycles. The van der Waals surface area contributed by atoms with E-state index in [1.54, 1.807) is 6.07 Å². The van der Waals surface area contributed by atoms with E-state index in [-0.39, 0.29) is 5.02 Å². The summed E-state index contributed by atoms with van der Waals surface area (Å²) in [5, 5.41) is 14.6. The van der Waals surface area contributed by atoms with E-state index >= 15 is 0 Å². The fraction of sp³-hybridized carbons (Fsp3) is 0.400. The molecule has 2 atom stereocenters. The van der Waals surface area contributed by atoms with Crippen LogP contribution in [0, 0.1) is 5.82 Å². The minimum absolute atomic E-state index is 0.0574. The molecule has 2 rings (SSSR count). The van der Waals surface area contributed by atoms with Crippen LogP contribution in [-0.2, 0) is 6.42 Å². The monoisotopic (exact) mass is 296 g/mol. The van der Waals surface area contributed by atoms with Gasteiger partial charge in [0.25, 0.3) is 0 Å². The number of nitrogens with zero attached hydrogens (tertiary/aromatic N) is 2. The number of hydrogen-bond donors (Lipinski definition) is 1. The third-order valence-corrected chi connectivity index (χ3v) is 3.74. The van der Waals surface area contributed by atoms with E-state index in [9.17, 15) is 9.50 Å². The number of rotatable bonds is 5. The Kier molecular flexibility index (Phi) is 4.78. The highest BCUT2D eigenvalue weighted by atomic mass is 35.5. The van der Waals surface area contributed by atoms with E-state index in [1.807, 2.05) is 16.9 Å². The van der Waals surface area contributed by atoms with Gasteiger partial charge in [-0.2, -0.15) is 5.10 Å². The Bertz CT molecular complexity index is 585. The summed E-state index contributed by atoms with van der Waals surface area (Å²) in [4.78, 5) is 0. The quantitative estimate of drug-likeness (QED) is 0.908. The largest absolute Gasteiger partial charge is 0.388 e. The van der Waals surface area contributed by atoms with E-state index in [1.165, 1.54) is 12.1 Å². The van der Waals surface area contributed by atoms with Crippen molar-refractivity contribution in [3.05, 3.63) is 52.6 Å². The first-order valence-electron chi connectivity index (χ1n) is 6.68. The molecule has 0 radical (unpaired) electrons. The molecule has 2 aromatic rings. The Balaban J connectivity index is 2.09. The molecule has 0 bridgehead atoms.